The molecule has 0 heterocycles. The Kier molecular flexibility index (Phi) is 6.45. The molecule has 2 N–H and O–H groups in total. The van der Waals surface area contributed by atoms with Crippen molar-refractivity contribution in [2.75, 3.05) is 6.61 Å². The van der Waals surface area contributed by atoms with Crippen molar-refractivity contribution in [3.8, 4) is 0 Å². The largest absolute Gasteiger partial charge is 0.479 e. The van der Waals surface area contributed by atoms with Crippen LogP contribution in [-0.2, 0) is 19.2 Å². The van der Waals surface area contributed by atoms with E-state index in [0.717, 1.165) is 28.3 Å². The summed E-state index contributed by atoms with van der Waals surface area (Å²) >= 11 is 0. The second-order valence-corrected chi connectivity index (χ2v) is 5.40. The zero-order valence-corrected chi connectivity index (χ0v) is 13.6. The van der Waals surface area contributed by atoms with Gasteiger partial charge in [-0.25, -0.2) is 14.5 Å². The van der Waals surface area contributed by atoms with Crippen molar-refractivity contribution in [3.05, 3.63) is 76.9 Å². The molecule has 0 aliphatic rings. The molecule has 1 atom stereocenters. The van der Waals surface area contributed by atoms with Gasteiger partial charge in [0.15, 0.2) is 6.61 Å². The quantitative estimate of drug-likeness (QED) is 0.347. The first-order chi connectivity index (χ1) is 12.0. The average Bonchev–Trinajstić information content (AvgIpc) is 2.61. The van der Waals surface area contributed by atoms with E-state index in [9.17, 15) is 14.8 Å². The third kappa shape index (κ3) is 5.56. The van der Waals surface area contributed by atoms with E-state index in [1.807, 2.05) is 31.2 Å². The molecule has 0 fully saturated rings. The Morgan fingerprint density at radius 2 is 1.60 bits per heavy atom. The summed E-state index contributed by atoms with van der Waals surface area (Å²) in [5.41, 5.74) is 3.39. The fourth-order valence-corrected chi connectivity index (χ4v) is 2.18. The summed E-state index contributed by atoms with van der Waals surface area (Å²) in [6.45, 7) is 1.30. The van der Waals surface area contributed by atoms with E-state index in [2.05, 4.69) is 9.62 Å². The van der Waals surface area contributed by atoms with Gasteiger partial charge in [-0.2, -0.15) is 0 Å². The number of carboxylic acids is 1. The van der Waals surface area contributed by atoms with Crippen molar-refractivity contribution in [1.82, 2.24) is 0 Å². The van der Waals surface area contributed by atoms with E-state index in [1.165, 1.54) is 6.08 Å². The molecule has 2 aromatic rings. The van der Waals surface area contributed by atoms with Crippen LogP contribution in [0.4, 0.5) is 0 Å². The van der Waals surface area contributed by atoms with Crippen LogP contribution in [0.3, 0.4) is 0 Å². The number of rotatable bonds is 7. The fourth-order valence-electron chi connectivity index (χ4n) is 2.18. The molecule has 0 saturated carbocycles. The van der Waals surface area contributed by atoms with Crippen molar-refractivity contribution < 1.29 is 29.6 Å². The molecule has 0 saturated heterocycles. The van der Waals surface area contributed by atoms with Gasteiger partial charge >= 0.3 is 11.9 Å². The maximum Gasteiger partial charge on any atom is 0.341 e. The number of aryl methyl sites for hydroxylation is 1. The van der Waals surface area contributed by atoms with Crippen molar-refractivity contribution in [2.24, 2.45) is 0 Å². The lowest BCUT2D eigenvalue weighted by molar-refractivity contribution is -0.270. The number of hydrogen-bond donors (Lipinski definition) is 2. The Morgan fingerprint density at radius 1 is 1.04 bits per heavy atom. The Labute approximate surface area is 144 Å². The lowest BCUT2D eigenvalue weighted by atomic mass is 9.99. The van der Waals surface area contributed by atoms with E-state index in [0.29, 0.717) is 0 Å². The van der Waals surface area contributed by atoms with Crippen molar-refractivity contribution in [3.63, 3.8) is 0 Å². The number of hydrogen-bond acceptors (Lipinski definition) is 5. The highest BCUT2D eigenvalue weighted by atomic mass is 17.1. The molecule has 0 amide bonds. The number of carboxylic acid groups (broad SMARTS) is 1. The number of esters is 1. The van der Waals surface area contributed by atoms with Crippen LogP contribution in [0.5, 0.6) is 0 Å². The van der Waals surface area contributed by atoms with E-state index in [1.54, 1.807) is 24.3 Å². The molecule has 0 aromatic heterocycles. The maximum absolute atomic E-state index is 11.3. The highest BCUT2D eigenvalue weighted by molar-refractivity contribution is 5.88. The van der Waals surface area contributed by atoms with Crippen molar-refractivity contribution >= 4 is 18.0 Å². The minimum absolute atomic E-state index is 0.612. The van der Waals surface area contributed by atoms with Gasteiger partial charge in [0.2, 0.25) is 0 Å². The number of carbonyl (C=O) groups is 2. The zero-order chi connectivity index (χ0) is 18.2. The summed E-state index contributed by atoms with van der Waals surface area (Å²) in [6.07, 6.45) is 2.05. The van der Waals surface area contributed by atoms with E-state index in [4.69, 9.17) is 5.11 Å². The molecule has 0 bridgehead atoms. The number of aliphatic carboxylic acids is 1. The molecule has 0 aliphatic carbocycles. The number of benzene rings is 2. The van der Waals surface area contributed by atoms with Crippen LogP contribution in [0.25, 0.3) is 6.08 Å². The maximum atomic E-state index is 11.3. The van der Waals surface area contributed by atoms with Crippen LogP contribution >= 0.6 is 0 Å². The first kappa shape index (κ1) is 18.4. The highest BCUT2D eigenvalue weighted by Gasteiger charge is 2.14. The normalized spacial score (nSPS) is 12.1. The second-order valence-electron chi connectivity index (χ2n) is 5.40. The fraction of sp³-hybridized carbons (Fsp3) is 0.158. The first-order valence-electron chi connectivity index (χ1n) is 7.53. The molecule has 0 aliphatic heterocycles. The van der Waals surface area contributed by atoms with E-state index < -0.39 is 24.6 Å². The van der Waals surface area contributed by atoms with Gasteiger partial charge in [0.05, 0.1) is 0 Å². The molecule has 2 rings (SSSR count). The van der Waals surface area contributed by atoms with Crippen LogP contribution in [-0.4, -0.2) is 28.9 Å². The molecule has 6 heteroatoms. The smallest absolute Gasteiger partial charge is 0.341 e. The molecule has 2 aromatic carbocycles. The standard InChI is InChI=1S/C19H18O6/c1-13-2-7-15(8-3-13)19(25-23)16-9-4-14(5-10-16)6-11-18(22)24-12-17(20)21/h2-11,19,23H,12H2,1H3,(H,20,21). The Hall–Kier alpha value is -2.96. The Morgan fingerprint density at radius 3 is 2.12 bits per heavy atom. The van der Waals surface area contributed by atoms with Crippen LogP contribution in [0.1, 0.15) is 28.4 Å². The van der Waals surface area contributed by atoms with E-state index >= 15 is 0 Å². The van der Waals surface area contributed by atoms with Crippen LogP contribution in [0, 0.1) is 6.92 Å². The SMILES string of the molecule is Cc1ccc(C(OO)c2ccc(C=CC(=O)OCC(=O)O)cc2)cc1. The summed E-state index contributed by atoms with van der Waals surface area (Å²) in [4.78, 5) is 26.2. The third-order valence-corrected chi connectivity index (χ3v) is 3.47. The summed E-state index contributed by atoms with van der Waals surface area (Å²) in [7, 11) is 0. The number of ether oxygens (including phenoxy) is 1. The third-order valence-electron chi connectivity index (χ3n) is 3.47. The van der Waals surface area contributed by atoms with Gasteiger partial charge in [0.1, 0.15) is 6.10 Å². The second kappa shape index (κ2) is 8.77. The van der Waals surface area contributed by atoms with Gasteiger partial charge in [-0.15, -0.1) is 0 Å². The molecule has 0 spiro atoms. The number of carbonyl (C=O) groups excluding carboxylic acids is 1. The molecule has 6 nitrogen and oxygen atoms in total. The molecule has 130 valence electrons. The van der Waals surface area contributed by atoms with Crippen LogP contribution < -0.4 is 0 Å². The van der Waals surface area contributed by atoms with Gasteiger partial charge in [-0.1, -0.05) is 54.1 Å². The average molecular weight is 342 g/mol. The zero-order valence-electron chi connectivity index (χ0n) is 13.6. The molecular weight excluding hydrogens is 324 g/mol. The van der Waals surface area contributed by atoms with Crippen LogP contribution in [0.15, 0.2) is 54.6 Å². The lowest BCUT2D eigenvalue weighted by Gasteiger charge is -2.14. The Balaban J connectivity index is 2.06. The molecule has 0 radical (unpaired) electrons. The van der Waals surface area contributed by atoms with Gasteiger partial charge in [-0.05, 0) is 29.7 Å². The van der Waals surface area contributed by atoms with Gasteiger partial charge < -0.3 is 9.84 Å². The lowest BCUT2D eigenvalue weighted by Crippen LogP contribution is -2.10. The predicted octanol–water partition coefficient (Wildman–Crippen LogP) is 3.22. The van der Waals surface area contributed by atoms with Gasteiger partial charge in [0.25, 0.3) is 0 Å². The molecule has 1 unspecified atom stereocenters. The van der Waals surface area contributed by atoms with Gasteiger partial charge in [0, 0.05) is 6.08 Å². The molecular formula is C19H18O6. The summed E-state index contributed by atoms with van der Waals surface area (Å²) < 4.78 is 4.49. The van der Waals surface area contributed by atoms with E-state index in [-0.39, 0.29) is 0 Å². The first-order valence-corrected chi connectivity index (χ1v) is 7.53. The van der Waals surface area contributed by atoms with Crippen molar-refractivity contribution in [2.45, 2.75) is 13.0 Å². The Bertz CT molecular complexity index is 746. The van der Waals surface area contributed by atoms with Crippen molar-refractivity contribution in [1.29, 1.82) is 0 Å². The monoisotopic (exact) mass is 342 g/mol. The summed E-state index contributed by atoms with van der Waals surface area (Å²) in [5, 5.41) is 17.7. The van der Waals surface area contributed by atoms with Gasteiger partial charge in [-0.3, -0.25) is 5.26 Å². The molecule has 25 heavy (non-hydrogen) atoms. The summed E-state index contributed by atoms with van der Waals surface area (Å²) in [5.74, 6) is -1.94. The van der Waals surface area contributed by atoms with Crippen LogP contribution in [0.2, 0.25) is 0 Å². The topological polar surface area (TPSA) is 93.1 Å². The predicted molar refractivity (Wildman–Crippen MR) is 90.8 cm³/mol. The minimum Gasteiger partial charge on any atom is -0.479 e. The minimum atomic E-state index is -1.21. The highest BCUT2D eigenvalue weighted by Crippen LogP contribution is 2.26. The summed E-state index contributed by atoms with van der Waals surface area (Å²) in [6, 6.07) is 14.6.